The lowest BCUT2D eigenvalue weighted by Gasteiger charge is -2.40. The van der Waals surface area contributed by atoms with Gasteiger partial charge in [-0.1, -0.05) is 59.8 Å². The van der Waals surface area contributed by atoms with E-state index in [2.05, 4.69) is 10.2 Å². The Kier molecular flexibility index (Phi) is 7.97. The fourth-order valence-electron chi connectivity index (χ4n) is 4.69. The summed E-state index contributed by atoms with van der Waals surface area (Å²) in [5.74, 6) is 1.64. The van der Waals surface area contributed by atoms with Crippen molar-refractivity contribution >= 4 is 23.6 Å². The van der Waals surface area contributed by atoms with Gasteiger partial charge in [0.15, 0.2) is 11.0 Å². The molecule has 5 rings (SSSR count). The van der Waals surface area contributed by atoms with E-state index in [-0.39, 0.29) is 23.6 Å². The van der Waals surface area contributed by atoms with Crippen LogP contribution in [0.4, 0.5) is 0 Å². The summed E-state index contributed by atoms with van der Waals surface area (Å²) < 4.78 is 7.39. The van der Waals surface area contributed by atoms with Gasteiger partial charge in [0, 0.05) is 42.5 Å². The highest BCUT2D eigenvalue weighted by Crippen LogP contribution is 2.30. The van der Waals surface area contributed by atoms with Gasteiger partial charge in [-0.3, -0.25) is 14.2 Å². The Labute approximate surface area is 232 Å². The van der Waals surface area contributed by atoms with Crippen LogP contribution in [0.1, 0.15) is 22.8 Å². The standard InChI is InChI=1S/C30H31N5O3S/c1-21-12-14-25(15-13-21)35-28(24-10-7-11-26(18-24)38-3)31-32-30(35)39-20-27(36)33-16-17-34(22(2)19-33)29(37)23-8-5-4-6-9-23/h4-15,18,22H,16-17,19-20H2,1-3H3. The summed E-state index contributed by atoms with van der Waals surface area (Å²) in [7, 11) is 1.63. The Morgan fingerprint density at radius 2 is 1.74 bits per heavy atom. The van der Waals surface area contributed by atoms with Crippen LogP contribution < -0.4 is 4.74 Å². The maximum atomic E-state index is 13.2. The second-order valence-electron chi connectivity index (χ2n) is 9.55. The highest BCUT2D eigenvalue weighted by atomic mass is 32.2. The average molecular weight is 542 g/mol. The fourth-order valence-corrected chi connectivity index (χ4v) is 5.54. The van der Waals surface area contributed by atoms with Gasteiger partial charge in [0.25, 0.3) is 5.91 Å². The predicted molar refractivity (Wildman–Crippen MR) is 152 cm³/mol. The molecule has 1 atom stereocenters. The summed E-state index contributed by atoms with van der Waals surface area (Å²) in [5, 5.41) is 9.58. The molecule has 0 aliphatic carbocycles. The van der Waals surface area contributed by atoms with Gasteiger partial charge in [-0.05, 0) is 50.2 Å². The van der Waals surface area contributed by atoms with Gasteiger partial charge < -0.3 is 14.5 Å². The normalized spacial score (nSPS) is 15.3. The van der Waals surface area contributed by atoms with Crippen molar-refractivity contribution < 1.29 is 14.3 Å². The molecule has 1 unspecified atom stereocenters. The lowest BCUT2D eigenvalue weighted by Crippen LogP contribution is -2.55. The van der Waals surface area contributed by atoms with Gasteiger partial charge in [-0.2, -0.15) is 0 Å². The summed E-state index contributed by atoms with van der Waals surface area (Å²) in [4.78, 5) is 29.9. The molecule has 0 spiro atoms. The molecule has 0 bridgehead atoms. The van der Waals surface area contributed by atoms with E-state index in [0.29, 0.717) is 36.2 Å². The third kappa shape index (κ3) is 5.83. The molecule has 200 valence electrons. The highest BCUT2D eigenvalue weighted by molar-refractivity contribution is 7.99. The number of benzene rings is 3. The molecule has 39 heavy (non-hydrogen) atoms. The van der Waals surface area contributed by atoms with Gasteiger partial charge >= 0.3 is 0 Å². The molecule has 1 saturated heterocycles. The zero-order valence-corrected chi connectivity index (χ0v) is 23.1. The SMILES string of the molecule is COc1cccc(-c2nnc(SCC(=O)N3CCN(C(=O)c4ccccc4)C(C)C3)n2-c2ccc(C)cc2)c1. The van der Waals surface area contributed by atoms with Crippen molar-refractivity contribution in [3.63, 3.8) is 0 Å². The lowest BCUT2D eigenvalue weighted by molar-refractivity contribution is -0.130. The fraction of sp³-hybridized carbons (Fsp3) is 0.267. The maximum absolute atomic E-state index is 13.2. The molecule has 8 nitrogen and oxygen atoms in total. The zero-order valence-electron chi connectivity index (χ0n) is 22.3. The first-order valence-corrected chi connectivity index (χ1v) is 13.9. The third-order valence-corrected chi connectivity index (χ3v) is 7.75. The summed E-state index contributed by atoms with van der Waals surface area (Å²) in [5.41, 5.74) is 3.61. The molecule has 1 aromatic heterocycles. The number of aromatic nitrogens is 3. The molecular weight excluding hydrogens is 510 g/mol. The van der Waals surface area contributed by atoms with Crippen molar-refractivity contribution in [1.29, 1.82) is 0 Å². The summed E-state index contributed by atoms with van der Waals surface area (Å²) in [6.07, 6.45) is 0. The summed E-state index contributed by atoms with van der Waals surface area (Å²) in [6.45, 7) is 5.54. The Morgan fingerprint density at radius 3 is 2.46 bits per heavy atom. The Morgan fingerprint density at radius 1 is 0.974 bits per heavy atom. The number of carbonyl (C=O) groups excluding carboxylic acids is 2. The first-order chi connectivity index (χ1) is 18.9. The van der Waals surface area contributed by atoms with Gasteiger partial charge in [-0.15, -0.1) is 10.2 Å². The number of aryl methyl sites for hydroxylation is 1. The van der Waals surface area contributed by atoms with E-state index in [1.54, 1.807) is 7.11 Å². The van der Waals surface area contributed by atoms with Crippen LogP contribution in [0.3, 0.4) is 0 Å². The number of rotatable bonds is 7. The number of piperazine rings is 1. The van der Waals surface area contributed by atoms with E-state index >= 15 is 0 Å². The van der Waals surface area contributed by atoms with Crippen LogP contribution in [0.15, 0.2) is 84.0 Å². The monoisotopic (exact) mass is 541 g/mol. The van der Waals surface area contributed by atoms with Gasteiger partial charge in [0.05, 0.1) is 12.9 Å². The van der Waals surface area contributed by atoms with Gasteiger partial charge in [-0.25, -0.2) is 0 Å². The quantitative estimate of drug-likeness (QED) is 0.315. The molecule has 3 aromatic carbocycles. The van der Waals surface area contributed by atoms with Crippen LogP contribution in [0.5, 0.6) is 5.75 Å². The van der Waals surface area contributed by atoms with E-state index in [1.165, 1.54) is 11.8 Å². The molecule has 1 aliphatic rings. The first kappa shape index (κ1) is 26.5. The van der Waals surface area contributed by atoms with Crippen molar-refractivity contribution in [2.24, 2.45) is 0 Å². The van der Waals surface area contributed by atoms with Crippen molar-refractivity contribution in [1.82, 2.24) is 24.6 Å². The second-order valence-corrected chi connectivity index (χ2v) is 10.5. The van der Waals surface area contributed by atoms with Crippen molar-refractivity contribution in [2.75, 3.05) is 32.5 Å². The lowest BCUT2D eigenvalue weighted by atomic mass is 10.1. The number of nitrogens with zero attached hydrogens (tertiary/aromatic N) is 5. The van der Waals surface area contributed by atoms with Crippen LogP contribution >= 0.6 is 11.8 Å². The molecule has 0 N–H and O–H groups in total. The zero-order chi connectivity index (χ0) is 27.4. The first-order valence-electron chi connectivity index (χ1n) is 12.9. The number of hydrogen-bond donors (Lipinski definition) is 0. The number of hydrogen-bond acceptors (Lipinski definition) is 6. The second kappa shape index (κ2) is 11.7. The summed E-state index contributed by atoms with van der Waals surface area (Å²) in [6, 6.07) is 25.0. The smallest absolute Gasteiger partial charge is 0.254 e. The Hall–Kier alpha value is -4.11. The molecule has 1 aliphatic heterocycles. The number of thioether (sulfide) groups is 1. The van der Waals surface area contributed by atoms with Crippen LogP contribution in [-0.4, -0.2) is 74.9 Å². The average Bonchev–Trinajstić information content (AvgIpc) is 3.40. The van der Waals surface area contributed by atoms with Crippen LogP contribution in [-0.2, 0) is 4.79 Å². The number of amides is 2. The molecule has 2 amide bonds. The van der Waals surface area contributed by atoms with Gasteiger partial charge in [0.1, 0.15) is 5.75 Å². The Balaban J connectivity index is 1.31. The Bertz CT molecular complexity index is 1460. The number of ether oxygens (including phenoxy) is 1. The minimum atomic E-state index is -0.0729. The van der Waals surface area contributed by atoms with E-state index in [0.717, 1.165) is 22.6 Å². The third-order valence-electron chi connectivity index (χ3n) is 6.84. The minimum Gasteiger partial charge on any atom is -0.497 e. The van der Waals surface area contributed by atoms with E-state index in [9.17, 15) is 9.59 Å². The van der Waals surface area contributed by atoms with E-state index < -0.39 is 0 Å². The highest BCUT2D eigenvalue weighted by Gasteiger charge is 2.30. The van der Waals surface area contributed by atoms with Crippen molar-refractivity contribution in [3.05, 3.63) is 90.0 Å². The molecule has 2 heterocycles. The van der Waals surface area contributed by atoms with Crippen LogP contribution in [0, 0.1) is 6.92 Å². The number of methoxy groups -OCH3 is 1. The molecule has 4 aromatic rings. The summed E-state index contributed by atoms with van der Waals surface area (Å²) >= 11 is 1.36. The minimum absolute atomic E-state index is 0.000783. The molecular formula is C30H31N5O3S. The molecule has 9 heteroatoms. The largest absolute Gasteiger partial charge is 0.497 e. The van der Waals surface area contributed by atoms with Crippen LogP contribution in [0.25, 0.3) is 17.1 Å². The molecule has 0 radical (unpaired) electrons. The van der Waals surface area contributed by atoms with Crippen LogP contribution in [0.2, 0.25) is 0 Å². The van der Waals surface area contributed by atoms with E-state index in [1.807, 2.05) is 107 Å². The predicted octanol–water partition coefficient (Wildman–Crippen LogP) is 4.72. The van der Waals surface area contributed by atoms with Crippen molar-refractivity contribution in [2.45, 2.75) is 25.0 Å². The molecule has 1 fully saturated rings. The molecule has 0 saturated carbocycles. The van der Waals surface area contributed by atoms with E-state index in [4.69, 9.17) is 4.74 Å². The maximum Gasteiger partial charge on any atom is 0.254 e. The van der Waals surface area contributed by atoms with Crippen molar-refractivity contribution in [3.8, 4) is 22.8 Å². The van der Waals surface area contributed by atoms with Gasteiger partial charge in [0.2, 0.25) is 5.91 Å². The topological polar surface area (TPSA) is 80.6 Å². The number of carbonyl (C=O) groups is 2.